The van der Waals surface area contributed by atoms with Gasteiger partial charge in [-0.3, -0.25) is 0 Å². The van der Waals surface area contributed by atoms with Crippen LogP contribution >= 0.6 is 15.6 Å². The predicted octanol–water partition coefficient (Wildman–Crippen LogP) is -1.37. The van der Waals surface area contributed by atoms with Gasteiger partial charge in [0.05, 0.1) is 12.7 Å². The third kappa shape index (κ3) is 85.5. The maximum Gasteiger partial charge on any atom is 0.466 e. The number of carbonyl (C=O) groups excluding carboxylic acids is 1. The number of ether oxygens (including phenoxy) is 1. The van der Waals surface area contributed by atoms with Crippen LogP contribution in [-0.4, -0.2) is 53.1 Å². The van der Waals surface area contributed by atoms with Crippen molar-refractivity contribution in [2.75, 3.05) is 6.61 Å². The van der Waals surface area contributed by atoms with E-state index in [4.69, 9.17) is 43.6 Å². The van der Waals surface area contributed by atoms with Crippen molar-refractivity contribution >= 4 is 21.6 Å². The van der Waals surface area contributed by atoms with Crippen LogP contribution in [0, 0.1) is 0 Å². The molecule has 0 saturated carbocycles. The fourth-order valence-corrected chi connectivity index (χ4v) is 0.389. The molecular weight excluding hydrogens is 322 g/mol. The Bertz CT molecular complexity index is 317. The quantitative estimate of drug-likeness (QED) is 0.181. The minimum Gasteiger partial charge on any atom is -0.462 e. The van der Waals surface area contributed by atoms with Crippen LogP contribution in [-0.2, 0) is 18.7 Å². The zero-order valence-electron chi connectivity index (χ0n) is 10.4. The van der Waals surface area contributed by atoms with Gasteiger partial charge in [0, 0.05) is 12.5 Å². The Morgan fingerprint density at radius 3 is 1.65 bits per heavy atom. The lowest BCUT2D eigenvalue weighted by atomic mass is 10.3. The number of hydrogen-bond donors (Lipinski definition) is 7. The maximum atomic E-state index is 10.4. The third-order valence-electron chi connectivity index (χ3n) is 0.947. The summed E-state index contributed by atoms with van der Waals surface area (Å²) >= 11 is 0. The third-order valence-corrected chi connectivity index (χ3v) is 0.947. The summed E-state index contributed by atoms with van der Waals surface area (Å²) in [6.07, 6.45) is 1.15. The van der Waals surface area contributed by atoms with Crippen molar-refractivity contribution in [1.82, 2.24) is 0 Å². The standard InChI is InChI=1S/C7H12O3.2H3O4P/c1-3-7(9)10-5-4-6(2)8;2*1-5(2,3)4/h3,6,8H,1,4-5H2,2H3;2*(H3,1,2,3,4). The average molecular weight is 340 g/mol. The van der Waals surface area contributed by atoms with Crippen LogP contribution in [0.4, 0.5) is 0 Å². The van der Waals surface area contributed by atoms with Crippen molar-refractivity contribution < 1.29 is 53.1 Å². The summed E-state index contributed by atoms with van der Waals surface area (Å²) in [6, 6.07) is 0. The summed E-state index contributed by atoms with van der Waals surface area (Å²) in [5.41, 5.74) is 0. The molecule has 0 aliphatic rings. The second-order valence-electron chi connectivity index (χ2n) is 3.04. The number of esters is 1. The normalized spacial score (nSPS) is 12.0. The monoisotopic (exact) mass is 340 g/mol. The molecule has 7 N–H and O–H groups in total. The molecule has 0 bridgehead atoms. The van der Waals surface area contributed by atoms with Gasteiger partial charge in [-0.2, -0.15) is 0 Å². The van der Waals surface area contributed by atoms with Gasteiger partial charge < -0.3 is 39.2 Å². The molecule has 0 saturated heterocycles. The Balaban J connectivity index is -0.000000244. The van der Waals surface area contributed by atoms with Crippen molar-refractivity contribution in [3.05, 3.63) is 12.7 Å². The number of hydrogen-bond acceptors (Lipinski definition) is 5. The van der Waals surface area contributed by atoms with E-state index in [2.05, 4.69) is 11.3 Å². The molecule has 122 valence electrons. The summed E-state index contributed by atoms with van der Waals surface area (Å²) in [7, 11) is -9.28. The van der Waals surface area contributed by atoms with Gasteiger partial charge in [0.1, 0.15) is 0 Å². The first kappa shape index (κ1) is 24.4. The van der Waals surface area contributed by atoms with E-state index in [0.717, 1.165) is 6.08 Å². The van der Waals surface area contributed by atoms with Gasteiger partial charge in [0.25, 0.3) is 0 Å². The van der Waals surface area contributed by atoms with Crippen LogP contribution in [0.2, 0.25) is 0 Å². The summed E-state index contributed by atoms with van der Waals surface area (Å²) in [6.45, 7) is 5.11. The first-order valence-electron chi connectivity index (χ1n) is 4.70. The van der Waals surface area contributed by atoms with Crippen LogP contribution in [0.5, 0.6) is 0 Å². The molecule has 1 unspecified atom stereocenters. The molecule has 0 rings (SSSR count). The molecule has 20 heavy (non-hydrogen) atoms. The molecule has 1 atom stereocenters. The summed E-state index contributed by atoms with van der Waals surface area (Å²) in [4.78, 5) is 53.5. The smallest absolute Gasteiger partial charge is 0.462 e. The molecule has 0 amide bonds. The second kappa shape index (κ2) is 12.2. The van der Waals surface area contributed by atoms with E-state index in [1.807, 2.05) is 0 Å². The van der Waals surface area contributed by atoms with Gasteiger partial charge in [0.15, 0.2) is 0 Å². The highest BCUT2D eigenvalue weighted by molar-refractivity contribution is 7.45. The summed E-state index contributed by atoms with van der Waals surface area (Å²) < 4.78 is 22.3. The Morgan fingerprint density at radius 1 is 1.15 bits per heavy atom. The number of rotatable bonds is 4. The van der Waals surface area contributed by atoms with Crippen molar-refractivity contribution in [3.63, 3.8) is 0 Å². The van der Waals surface area contributed by atoms with Gasteiger partial charge >= 0.3 is 21.6 Å². The Hall–Kier alpha value is -0.610. The molecule has 0 aromatic rings. The van der Waals surface area contributed by atoms with Crippen molar-refractivity contribution in [1.29, 1.82) is 0 Å². The van der Waals surface area contributed by atoms with E-state index >= 15 is 0 Å². The Morgan fingerprint density at radius 2 is 1.45 bits per heavy atom. The van der Waals surface area contributed by atoms with E-state index in [-0.39, 0.29) is 6.61 Å². The van der Waals surface area contributed by atoms with E-state index < -0.39 is 27.7 Å². The lowest BCUT2D eigenvalue weighted by Gasteiger charge is -2.02. The first-order valence-corrected chi connectivity index (χ1v) is 7.83. The second-order valence-corrected chi connectivity index (χ2v) is 5.09. The average Bonchev–Trinajstić information content (AvgIpc) is 2.11. The predicted molar refractivity (Wildman–Crippen MR) is 66.0 cm³/mol. The molecule has 0 spiro atoms. The van der Waals surface area contributed by atoms with Crippen LogP contribution in [0.25, 0.3) is 0 Å². The highest BCUT2D eigenvalue weighted by Gasteiger charge is 2.00. The van der Waals surface area contributed by atoms with E-state index in [0.29, 0.717) is 6.42 Å². The lowest BCUT2D eigenvalue weighted by molar-refractivity contribution is -0.138. The van der Waals surface area contributed by atoms with Gasteiger partial charge in [-0.05, 0) is 6.92 Å². The van der Waals surface area contributed by atoms with E-state index in [1.54, 1.807) is 6.92 Å². The lowest BCUT2D eigenvalue weighted by Crippen LogP contribution is -2.08. The van der Waals surface area contributed by atoms with E-state index in [1.165, 1.54) is 0 Å². The Labute approximate surface area is 114 Å². The number of phosphoric acid groups is 2. The van der Waals surface area contributed by atoms with Crippen molar-refractivity contribution in [3.8, 4) is 0 Å². The van der Waals surface area contributed by atoms with E-state index in [9.17, 15) is 4.79 Å². The summed E-state index contributed by atoms with van der Waals surface area (Å²) in [5, 5.41) is 8.72. The molecule has 0 heterocycles. The SMILES string of the molecule is C=CC(=O)OCCC(C)O.O=P(O)(O)O.O=P(O)(O)O. The van der Waals surface area contributed by atoms with Crippen LogP contribution in [0.15, 0.2) is 12.7 Å². The molecule has 13 heteroatoms. The molecule has 0 fully saturated rings. The zero-order valence-corrected chi connectivity index (χ0v) is 12.2. The molecule has 0 radical (unpaired) electrons. The highest BCUT2D eigenvalue weighted by Crippen LogP contribution is 2.26. The molecule has 0 aromatic carbocycles. The molecular formula is C7H18O11P2. The fourth-order valence-electron chi connectivity index (χ4n) is 0.389. The fraction of sp³-hybridized carbons (Fsp3) is 0.571. The zero-order chi connectivity index (χ0) is 17.0. The minimum absolute atomic E-state index is 0.252. The molecule has 0 aromatic heterocycles. The van der Waals surface area contributed by atoms with Crippen molar-refractivity contribution in [2.45, 2.75) is 19.4 Å². The largest absolute Gasteiger partial charge is 0.466 e. The number of carbonyl (C=O) groups is 1. The highest BCUT2D eigenvalue weighted by atomic mass is 31.2. The van der Waals surface area contributed by atoms with Crippen LogP contribution in [0.3, 0.4) is 0 Å². The first-order chi connectivity index (χ1) is 8.66. The van der Waals surface area contributed by atoms with Gasteiger partial charge in [0.2, 0.25) is 0 Å². The van der Waals surface area contributed by atoms with Gasteiger partial charge in [-0.25, -0.2) is 13.9 Å². The van der Waals surface area contributed by atoms with Crippen molar-refractivity contribution in [2.24, 2.45) is 0 Å². The Kier molecular flexibility index (Phi) is 14.8. The van der Waals surface area contributed by atoms with Crippen LogP contribution < -0.4 is 0 Å². The van der Waals surface area contributed by atoms with Crippen LogP contribution in [0.1, 0.15) is 13.3 Å². The molecule has 0 aliphatic heterocycles. The maximum absolute atomic E-state index is 10.4. The van der Waals surface area contributed by atoms with Gasteiger partial charge in [-0.15, -0.1) is 0 Å². The topological polar surface area (TPSA) is 202 Å². The summed E-state index contributed by atoms with van der Waals surface area (Å²) in [5.74, 6) is -0.444. The number of aliphatic hydroxyl groups excluding tert-OH is 1. The van der Waals surface area contributed by atoms with Gasteiger partial charge in [-0.1, -0.05) is 6.58 Å². The molecule has 0 aliphatic carbocycles. The number of aliphatic hydroxyl groups is 1. The minimum atomic E-state index is -4.64. The molecule has 11 nitrogen and oxygen atoms in total.